The summed E-state index contributed by atoms with van der Waals surface area (Å²) in [5.74, 6) is 0. The zero-order chi connectivity index (χ0) is 10.2. The third-order valence-electron chi connectivity index (χ3n) is 2.01. The lowest BCUT2D eigenvalue weighted by molar-refractivity contribution is 0.608. The van der Waals surface area contributed by atoms with E-state index in [0.717, 1.165) is 19.6 Å². The Morgan fingerprint density at radius 2 is 2.14 bits per heavy atom. The quantitative estimate of drug-likeness (QED) is 0.749. The fourth-order valence-corrected chi connectivity index (χ4v) is 2.67. The number of nitrogens with one attached hydrogen (secondary N) is 2. The highest BCUT2D eigenvalue weighted by atomic mass is 79.9. The molecule has 0 aliphatic rings. The monoisotopic (exact) mass is 276 g/mol. The minimum absolute atomic E-state index is 0.984. The summed E-state index contributed by atoms with van der Waals surface area (Å²) in [6.45, 7) is 3.20. The lowest BCUT2D eigenvalue weighted by Crippen LogP contribution is -2.16. The Kier molecular flexibility index (Phi) is 6.43. The van der Waals surface area contributed by atoms with Gasteiger partial charge < -0.3 is 10.6 Å². The van der Waals surface area contributed by atoms with Crippen molar-refractivity contribution in [3.05, 3.63) is 20.8 Å². The van der Waals surface area contributed by atoms with Crippen LogP contribution in [0.4, 0.5) is 0 Å². The highest BCUT2D eigenvalue weighted by Crippen LogP contribution is 2.21. The molecule has 1 aromatic heterocycles. The molecule has 1 rings (SSSR count). The van der Waals surface area contributed by atoms with Gasteiger partial charge in [-0.25, -0.2) is 0 Å². The number of thiophene rings is 1. The predicted molar refractivity (Wildman–Crippen MR) is 66.9 cm³/mol. The SMILES string of the molecule is CNCCCCNCc1sccc1Br. The Morgan fingerprint density at radius 3 is 2.79 bits per heavy atom. The van der Waals surface area contributed by atoms with Gasteiger partial charge in [0.25, 0.3) is 0 Å². The lowest BCUT2D eigenvalue weighted by Gasteiger charge is -2.03. The summed E-state index contributed by atoms with van der Waals surface area (Å²) in [6, 6.07) is 2.10. The van der Waals surface area contributed by atoms with Crippen LogP contribution in [0, 0.1) is 0 Å². The van der Waals surface area contributed by atoms with E-state index < -0.39 is 0 Å². The molecular formula is C10H17BrN2S. The third-order valence-corrected chi connectivity index (χ3v) is 3.93. The Hall–Kier alpha value is 0.100. The van der Waals surface area contributed by atoms with Crippen molar-refractivity contribution in [2.75, 3.05) is 20.1 Å². The van der Waals surface area contributed by atoms with Gasteiger partial charge in [0.05, 0.1) is 0 Å². The molecule has 0 aliphatic carbocycles. The van der Waals surface area contributed by atoms with E-state index >= 15 is 0 Å². The van der Waals surface area contributed by atoms with Gasteiger partial charge in [0.2, 0.25) is 0 Å². The average molecular weight is 277 g/mol. The van der Waals surface area contributed by atoms with Crippen LogP contribution in [0.3, 0.4) is 0 Å². The van der Waals surface area contributed by atoms with Crippen molar-refractivity contribution in [3.8, 4) is 0 Å². The molecule has 0 atom stereocenters. The minimum atomic E-state index is 0.984. The molecule has 14 heavy (non-hydrogen) atoms. The van der Waals surface area contributed by atoms with Gasteiger partial charge in [-0.3, -0.25) is 0 Å². The van der Waals surface area contributed by atoms with E-state index in [0.29, 0.717) is 0 Å². The second-order valence-electron chi connectivity index (χ2n) is 3.18. The molecule has 0 bridgehead atoms. The first kappa shape index (κ1) is 12.2. The van der Waals surface area contributed by atoms with Gasteiger partial charge in [0.15, 0.2) is 0 Å². The maximum Gasteiger partial charge on any atom is 0.0327 e. The maximum absolute atomic E-state index is 3.52. The normalized spacial score (nSPS) is 10.7. The first-order valence-corrected chi connectivity index (χ1v) is 6.59. The Balaban J connectivity index is 2.02. The fourth-order valence-electron chi connectivity index (χ4n) is 1.20. The van der Waals surface area contributed by atoms with Crippen molar-refractivity contribution in [1.82, 2.24) is 10.6 Å². The van der Waals surface area contributed by atoms with E-state index in [2.05, 4.69) is 38.0 Å². The number of halogens is 1. The molecule has 1 heterocycles. The predicted octanol–water partition coefficient (Wildman–Crippen LogP) is 2.60. The molecule has 2 nitrogen and oxygen atoms in total. The average Bonchev–Trinajstić information content (AvgIpc) is 2.58. The van der Waals surface area contributed by atoms with Gasteiger partial charge in [-0.15, -0.1) is 11.3 Å². The molecule has 80 valence electrons. The van der Waals surface area contributed by atoms with Crippen LogP contribution >= 0.6 is 27.3 Å². The molecule has 1 aromatic rings. The van der Waals surface area contributed by atoms with Crippen molar-refractivity contribution >= 4 is 27.3 Å². The molecule has 0 aliphatic heterocycles. The molecule has 0 fully saturated rings. The molecule has 4 heteroatoms. The number of unbranched alkanes of at least 4 members (excludes halogenated alkanes) is 1. The van der Waals surface area contributed by atoms with Crippen LogP contribution in [-0.4, -0.2) is 20.1 Å². The largest absolute Gasteiger partial charge is 0.320 e. The van der Waals surface area contributed by atoms with Crippen LogP contribution in [0.5, 0.6) is 0 Å². The Morgan fingerprint density at radius 1 is 1.36 bits per heavy atom. The van der Waals surface area contributed by atoms with Crippen LogP contribution in [0.25, 0.3) is 0 Å². The summed E-state index contributed by atoms with van der Waals surface area (Å²) in [6.07, 6.45) is 2.49. The molecular weight excluding hydrogens is 260 g/mol. The highest BCUT2D eigenvalue weighted by molar-refractivity contribution is 9.10. The van der Waals surface area contributed by atoms with E-state index in [4.69, 9.17) is 0 Å². The molecule has 0 saturated carbocycles. The van der Waals surface area contributed by atoms with Gasteiger partial charge >= 0.3 is 0 Å². The number of rotatable bonds is 7. The van der Waals surface area contributed by atoms with E-state index in [9.17, 15) is 0 Å². The minimum Gasteiger partial charge on any atom is -0.320 e. The fraction of sp³-hybridized carbons (Fsp3) is 0.600. The third kappa shape index (κ3) is 4.55. The maximum atomic E-state index is 3.52. The summed E-state index contributed by atoms with van der Waals surface area (Å²) in [5, 5.41) is 8.70. The molecule has 2 N–H and O–H groups in total. The Labute approximate surface area is 98.2 Å². The number of hydrogen-bond donors (Lipinski definition) is 2. The van der Waals surface area contributed by atoms with Crippen molar-refractivity contribution in [1.29, 1.82) is 0 Å². The summed E-state index contributed by atoms with van der Waals surface area (Å²) in [5.41, 5.74) is 0. The Bertz CT molecular complexity index is 250. The van der Waals surface area contributed by atoms with Crippen LogP contribution in [0.15, 0.2) is 15.9 Å². The first-order chi connectivity index (χ1) is 6.84. The molecule has 0 spiro atoms. The standard InChI is InChI=1S/C10H17BrN2S/c1-12-5-2-3-6-13-8-10-9(11)4-7-14-10/h4,7,12-13H,2-3,5-6,8H2,1H3. The number of hydrogen-bond acceptors (Lipinski definition) is 3. The van der Waals surface area contributed by atoms with Crippen molar-refractivity contribution in [2.24, 2.45) is 0 Å². The zero-order valence-electron chi connectivity index (χ0n) is 8.48. The molecule has 0 unspecified atom stereocenters. The van der Waals surface area contributed by atoms with Gasteiger partial charge in [-0.1, -0.05) is 0 Å². The smallest absolute Gasteiger partial charge is 0.0327 e. The van der Waals surface area contributed by atoms with Gasteiger partial charge in [0, 0.05) is 15.9 Å². The molecule has 0 saturated heterocycles. The summed E-state index contributed by atoms with van der Waals surface area (Å²) in [7, 11) is 2.00. The van der Waals surface area contributed by atoms with Gasteiger partial charge in [-0.2, -0.15) is 0 Å². The molecule has 0 aromatic carbocycles. The van der Waals surface area contributed by atoms with Crippen LogP contribution in [0.1, 0.15) is 17.7 Å². The summed E-state index contributed by atoms with van der Waals surface area (Å²) < 4.78 is 1.23. The van der Waals surface area contributed by atoms with E-state index in [-0.39, 0.29) is 0 Å². The topological polar surface area (TPSA) is 24.1 Å². The lowest BCUT2D eigenvalue weighted by atomic mass is 10.3. The summed E-state index contributed by atoms with van der Waals surface area (Å²) >= 11 is 5.32. The van der Waals surface area contributed by atoms with E-state index in [1.807, 2.05) is 7.05 Å². The van der Waals surface area contributed by atoms with E-state index in [1.54, 1.807) is 11.3 Å². The van der Waals surface area contributed by atoms with Crippen molar-refractivity contribution in [3.63, 3.8) is 0 Å². The van der Waals surface area contributed by atoms with Crippen LogP contribution in [0.2, 0.25) is 0 Å². The zero-order valence-corrected chi connectivity index (χ0v) is 10.9. The van der Waals surface area contributed by atoms with E-state index in [1.165, 1.54) is 22.2 Å². The molecule has 0 amide bonds. The van der Waals surface area contributed by atoms with Crippen LogP contribution in [-0.2, 0) is 6.54 Å². The van der Waals surface area contributed by atoms with Crippen molar-refractivity contribution < 1.29 is 0 Å². The van der Waals surface area contributed by atoms with Crippen LogP contribution < -0.4 is 10.6 Å². The second-order valence-corrected chi connectivity index (χ2v) is 5.03. The van der Waals surface area contributed by atoms with Crippen molar-refractivity contribution in [2.45, 2.75) is 19.4 Å². The highest BCUT2D eigenvalue weighted by Gasteiger charge is 1.99. The first-order valence-electron chi connectivity index (χ1n) is 4.92. The van der Waals surface area contributed by atoms with Gasteiger partial charge in [-0.05, 0) is 60.4 Å². The summed E-state index contributed by atoms with van der Waals surface area (Å²) in [4.78, 5) is 1.39. The second kappa shape index (κ2) is 7.40. The molecule has 0 radical (unpaired) electrons. The van der Waals surface area contributed by atoms with Gasteiger partial charge in [0.1, 0.15) is 0 Å².